The van der Waals surface area contributed by atoms with E-state index in [1.165, 1.54) is 17.3 Å². The second kappa shape index (κ2) is 11.5. The number of carbonyl (C=O) groups is 2. The summed E-state index contributed by atoms with van der Waals surface area (Å²) >= 11 is 1.45. The summed E-state index contributed by atoms with van der Waals surface area (Å²) in [4.78, 5) is 30.5. The third kappa shape index (κ3) is 6.12. The highest BCUT2D eigenvalue weighted by molar-refractivity contribution is 8.00. The molecule has 0 bridgehead atoms. The molecule has 7 heteroatoms. The van der Waals surface area contributed by atoms with Crippen LogP contribution in [0.3, 0.4) is 0 Å². The first-order valence-corrected chi connectivity index (χ1v) is 12.3. The molecular formula is C25H31N3O3S. The number of morpholine rings is 1. The van der Waals surface area contributed by atoms with E-state index in [1.54, 1.807) is 0 Å². The molecule has 0 unspecified atom stereocenters. The van der Waals surface area contributed by atoms with Gasteiger partial charge in [0.1, 0.15) is 0 Å². The standard InChI is InChI=1S/C25H31N3O3S/c29-24(28-11-5-6-12-28)19-32-23-10-4-3-9-22(23)25(30)26-17-20-7-1-2-8-21(20)18-27-13-15-31-16-14-27/h1-4,7-10H,5-6,11-19H2,(H,26,30). The van der Waals surface area contributed by atoms with E-state index in [4.69, 9.17) is 4.74 Å². The van der Waals surface area contributed by atoms with Crippen LogP contribution in [-0.4, -0.2) is 66.8 Å². The van der Waals surface area contributed by atoms with E-state index in [0.29, 0.717) is 17.9 Å². The molecule has 0 radical (unpaired) electrons. The van der Waals surface area contributed by atoms with Crippen LogP contribution < -0.4 is 5.32 Å². The van der Waals surface area contributed by atoms with Crippen LogP contribution in [0.25, 0.3) is 0 Å². The maximum atomic E-state index is 13.0. The Morgan fingerprint density at radius 3 is 2.38 bits per heavy atom. The second-order valence-electron chi connectivity index (χ2n) is 8.21. The molecule has 0 aromatic heterocycles. The van der Waals surface area contributed by atoms with Crippen molar-refractivity contribution < 1.29 is 14.3 Å². The summed E-state index contributed by atoms with van der Waals surface area (Å²) in [5.41, 5.74) is 2.98. The number of benzene rings is 2. The predicted molar refractivity (Wildman–Crippen MR) is 127 cm³/mol. The van der Waals surface area contributed by atoms with E-state index in [9.17, 15) is 9.59 Å². The normalized spacial score (nSPS) is 16.8. The minimum absolute atomic E-state index is 0.108. The van der Waals surface area contributed by atoms with Gasteiger partial charge in [0, 0.05) is 44.2 Å². The average Bonchev–Trinajstić information content (AvgIpc) is 3.38. The molecule has 2 aromatic carbocycles. The molecule has 4 rings (SSSR count). The first-order chi connectivity index (χ1) is 15.7. The summed E-state index contributed by atoms with van der Waals surface area (Å²) in [5.74, 6) is 0.412. The molecule has 0 atom stereocenters. The van der Waals surface area contributed by atoms with Gasteiger partial charge in [-0.15, -0.1) is 11.8 Å². The van der Waals surface area contributed by atoms with Crippen LogP contribution in [0.2, 0.25) is 0 Å². The smallest absolute Gasteiger partial charge is 0.252 e. The van der Waals surface area contributed by atoms with Crippen molar-refractivity contribution in [3.63, 3.8) is 0 Å². The molecule has 0 aliphatic carbocycles. The zero-order chi connectivity index (χ0) is 22.2. The van der Waals surface area contributed by atoms with Crippen LogP contribution in [0.5, 0.6) is 0 Å². The molecule has 32 heavy (non-hydrogen) atoms. The van der Waals surface area contributed by atoms with Crippen LogP contribution in [0, 0.1) is 0 Å². The van der Waals surface area contributed by atoms with E-state index in [0.717, 1.165) is 69.2 Å². The van der Waals surface area contributed by atoms with Crippen LogP contribution in [0.1, 0.15) is 34.3 Å². The van der Waals surface area contributed by atoms with Gasteiger partial charge in [0.05, 0.1) is 24.5 Å². The van der Waals surface area contributed by atoms with Crippen molar-refractivity contribution in [2.45, 2.75) is 30.8 Å². The summed E-state index contributed by atoms with van der Waals surface area (Å²) in [7, 11) is 0. The number of carbonyl (C=O) groups excluding carboxylic acids is 2. The molecule has 2 fully saturated rings. The lowest BCUT2D eigenvalue weighted by Gasteiger charge is -2.27. The number of ether oxygens (including phenoxy) is 1. The SMILES string of the molecule is O=C(NCc1ccccc1CN1CCOCC1)c1ccccc1SCC(=O)N1CCCC1. The van der Waals surface area contributed by atoms with Crippen molar-refractivity contribution in [3.8, 4) is 0 Å². The summed E-state index contributed by atoms with van der Waals surface area (Å²) in [6.07, 6.45) is 2.17. The first-order valence-electron chi connectivity index (χ1n) is 11.4. The lowest BCUT2D eigenvalue weighted by atomic mass is 10.1. The minimum Gasteiger partial charge on any atom is -0.379 e. The van der Waals surface area contributed by atoms with E-state index in [-0.39, 0.29) is 11.8 Å². The summed E-state index contributed by atoms with van der Waals surface area (Å²) in [6.45, 7) is 6.45. The number of rotatable bonds is 8. The Labute approximate surface area is 194 Å². The number of nitrogens with zero attached hydrogens (tertiary/aromatic N) is 2. The van der Waals surface area contributed by atoms with E-state index < -0.39 is 0 Å². The van der Waals surface area contributed by atoms with Crippen molar-refractivity contribution in [1.82, 2.24) is 15.1 Å². The first kappa shape index (κ1) is 22.8. The molecule has 2 aliphatic heterocycles. The van der Waals surface area contributed by atoms with Crippen LogP contribution in [0.4, 0.5) is 0 Å². The zero-order valence-electron chi connectivity index (χ0n) is 18.4. The molecule has 2 aliphatic rings. The monoisotopic (exact) mass is 453 g/mol. The van der Waals surface area contributed by atoms with Crippen LogP contribution >= 0.6 is 11.8 Å². The fraction of sp³-hybridized carbons (Fsp3) is 0.440. The number of likely N-dealkylation sites (tertiary alicyclic amines) is 1. The molecule has 2 amide bonds. The number of hydrogen-bond acceptors (Lipinski definition) is 5. The van der Waals surface area contributed by atoms with Crippen LogP contribution in [-0.2, 0) is 22.6 Å². The Kier molecular flexibility index (Phi) is 8.20. The van der Waals surface area contributed by atoms with Crippen molar-refractivity contribution in [2.75, 3.05) is 45.1 Å². The average molecular weight is 454 g/mol. The predicted octanol–water partition coefficient (Wildman–Crippen LogP) is 3.16. The Balaban J connectivity index is 1.36. The summed E-state index contributed by atoms with van der Waals surface area (Å²) in [6, 6.07) is 15.8. The van der Waals surface area contributed by atoms with Gasteiger partial charge >= 0.3 is 0 Å². The van der Waals surface area contributed by atoms with Gasteiger partial charge in [0.25, 0.3) is 5.91 Å². The molecule has 2 heterocycles. The van der Waals surface area contributed by atoms with Gasteiger partial charge in [0.2, 0.25) is 5.91 Å². The number of thioether (sulfide) groups is 1. The quantitative estimate of drug-likeness (QED) is 0.622. The Morgan fingerprint density at radius 2 is 1.59 bits per heavy atom. The van der Waals surface area contributed by atoms with E-state index in [1.807, 2.05) is 41.3 Å². The second-order valence-corrected chi connectivity index (χ2v) is 9.23. The molecule has 0 spiro atoms. The fourth-order valence-corrected chi connectivity index (χ4v) is 5.09. The topological polar surface area (TPSA) is 61.9 Å². The number of nitrogens with one attached hydrogen (secondary N) is 1. The Hall–Kier alpha value is -2.35. The molecule has 2 aromatic rings. The largest absolute Gasteiger partial charge is 0.379 e. The maximum absolute atomic E-state index is 13.0. The summed E-state index contributed by atoms with van der Waals surface area (Å²) in [5, 5.41) is 3.09. The van der Waals surface area contributed by atoms with E-state index >= 15 is 0 Å². The van der Waals surface area contributed by atoms with Gasteiger partial charge in [-0.1, -0.05) is 36.4 Å². The van der Waals surface area contributed by atoms with Crippen molar-refractivity contribution in [1.29, 1.82) is 0 Å². The highest BCUT2D eigenvalue weighted by atomic mass is 32.2. The molecular weight excluding hydrogens is 422 g/mol. The van der Waals surface area contributed by atoms with Gasteiger partial charge in [0.15, 0.2) is 0 Å². The van der Waals surface area contributed by atoms with Crippen LogP contribution in [0.15, 0.2) is 53.4 Å². The third-order valence-corrected chi connectivity index (χ3v) is 7.06. The molecule has 170 valence electrons. The zero-order valence-corrected chi connectivity index (χ0v) is 19.2. The maximum Gasteiger partial charge on any atom is 0.252 e. The summed E-state index contributed by atoms with van der Waals surface area (Å²) < 4.78 is 5.45. The van der Waals surface area contributed by atoms with Gasteiger partial charge in [-0.05, 0) is 36.1 Å². The van der Waals surface area contributed by atoms with Crippen molar-refractivity contribution >= 4 is 23.6 Å². The van der Waals surface area contributed by atoms with Gasteiger partial charge in [-0.2, -0.15) is 0 Å². The van der Waals surface area contributed by atoms with Gasteiger partial charge in [-0.3, -0.25) is 14.5 Å². The highest BCUT2D eigenvalue weighted by Crippen LogP contribution is 2.24. The Morgan fingerprint density at radius 1 is 0.906 bits per heavy atom. The number of hydrogen-bond donors (Lipinski definition) is 1. The van der Waals surface area contributed by atoms with Crippen molar-refractivity contribution in [3.05, 3.63) is 65.2 Å². The molecule has 6 nitrogen and oxygen atoms in total. The minimum atomic E-state index is -0.108. The lowest BCUT2D eigenvalue weighted by Crippen LogP contribution is -2.36. The fourth-order valence-electron chi connectivity index (χ4n) is 4.13. The van der Waals surface area contributed by atoms with Crippen molar-refractivity contribution in [2.24, 2.45) is 0 Å². The highest BCUT2D eigenvalue weighted by Gasteiger charge is 2.19. The van der Waals surface area contributed by atoms with Gasteiger partial charge < -0.3 is 15.0 Å². The molecule has 0 saturated carbocycles. The lowest BCUT2D eigenvalue weighted by molar-refractivity contribution is -0.127. The number of amides is 2. The Bertz CT molecular complexity index is 924. The molecule has 1 N–H and O–H groups in total. The third-order valence-electron chi connectivity index (χ3n) is 6.00. The van der Waals surface area contributed by atoms with Gasteiger partial charge in [-0.25, -0.2) is 0 Å². The van der Waals surface area contributed by atoms with E-state index in [2.05, 4.69) is 22.3 Å². The molecule has 2 saturated heterocycles.